The van der Waals surface area contributed by atoms with Gasteiger partial charge in [0.2, 0.25) is 5.88 Å². The number of thiophene rings is 1. The average molecular weight is 383 g/mol. The van der Waals surface area contributed by atoms with Gasteiger partial charge < -0.3 is 10.1 Å². The van der Waals surface area contributed by atoms with Crippen molar-refractivity contribution in [3.05, 3.63) is 47.2 Å². The number of aryl methyl sites for hydroxylation is 1. The molecule has 0 radical (unpaired) electrons. The fourth-order valence-electron chi connectivity index (χ4n) is 2.63. The standard InChI is InChI=1S/C17H17N7O2S/c1-3-26-16-7-6-14-19-20-15(24(14)22-16)10-18-17(25)12-9-11(21-23(12)2)13-5-4-8-27-13/h4-9H,3,10H2,1-2H3,(H,18,25). The van der Waals surface area contributed by atoms with Crippen molar-refractivity contribution >= 4 is 22.9 Å². The molecule has 0 bridgehead atoms. The summed E-state index contributed by atoms with van der Waals surface area (Å²) in [5.74, 6) is 0.746. The number of nitrogens with zero attached hydrogens (tertiary/aromatic N) is 6. The second-order valence-electron chi connectivity index (χ2n) is 5.69. The monoisotopic (exact) mass is 383 g/mol. The van der Waals surface area contributed by atoms with Crippen LogP contribution >= 0.6 is 11.3 Å². The van der Waals surface area contributed by atoms with Crippen LogP contribution in [0.5, 0.6) is 5.88 Å². The first-order valence-electron chi connectivity index (χ1n) is 8.36. The summed E-state index contributed by atoms with van der Waals surface area (Å²) < 4.78 is 8.53. The molecule has 9 nitrogen and oxygen atoms in total. The predicted molar refractivity (Wildman–Crippen MR) is 99.6 cm³/mol. The maximum atomic E-state index is 12.6. The van der Waals surface area contributed by atoms with Crippen LogP contribution in [0.1, 0.15) is 23.2 Å². The van der Waals surface area contributed by atoms with Crippen molar-refractivity contribution in [1.29, 1.82) is 0 Å². The van der Waals surface area contributed by atoms with E-state index in [4.69, 9.17) is 4.74 Å². The lowest BCUT2D eigenvalue weighted by molar-refractivity contribution is 0.0940. The van der Waals surface area contributed by atoms with Crippen molar-refractivity contribution in [3.63, 3.8) is 0 Å². The Bertz CT molecular complexity index is 1080. The fraction of sp³-hybridized carbons (Fsp3) is 0.235. The van der Waals surface area contributed by atoms with Gasteiger partial charge in [0, 0.05) is 13.1 Å². The average Bonchev–Trinajstić information content (AvgIpc) is 3.39. The molecule has 4 aromatic rings. The summed E-state index contributed by atoms with van der Waals surface area (Å²) in [6.07, 6.45) is 0. The number of hydrogen-bond donors (Lipinski definition) is 1. The normalized spacial score (nSPS) is 11.0. The first-order valence-corrected chi connectivity index (χ1v) is 9.24. The zero-order valence-electron chi connectivity index (χ0n) is 14.8. The lowest BCUT2D eigenvalue weighted by Gasteiger charge is -2.05. The minimum absolute atomic E-state index is 0.183. The van der Waals surface area contributed by atoms with E-state index in [2.05, 4.69) is 25.7 Å². The Balaban J connectivity index is 1.51. The summed E-state index contributed by atoms with van der Waals surface area (Å²) in [4.78, 5) is 13.6. The number of carbonyl (C=O) groups is 1. The molecular weight excluding hydrogens is 366 g/mol. The van der Waals surface area contributed by atoms with Gasteiger partial charge >= 0.3 is 0 Å². The molecule has 4 heterocycles. The zero-order chi connectivity index (χ0) is 18.8. The van der Waals surface area contributed by atoms with Gasteiger partial charge in [0.05, 0.1) is 18.0 Å². The molecule has 0 aliphatic heterocycles. The molecule has 4 aromatic heterocycles. The summed E-state index contributed by atoms with van der Waals surface area (Å²) in [6, 6.07) is 9.20. The minimum Gasteiger partial charge on any atom is -0.477 e. The van der Waals surface area contributed by atoms with Gasteiger partial charge in [-0.1, -0.05) is 6.07 Å². The van der Waals surface area contributed by atoms with Crippen LogP contribution in [0.2, 0.25) is 0 Å². The predicted octanol–water partition coefficient (Wildman–Crippen LogP) is 1.91. The first kappa shape index (κ1) is 17.2. The van der Waals surface area contributed by atoms with Crippen molar-refractivity contribution in [1.82, 2.24) is 34.9 Å². The van der Waals surface area contributed by atoms with Crippen LogP contribution in [0.15, 0.2) is 35.7 Å². The SMILES string of the molecule is CCOc1ccc2nnc(CNC(=O)c3cc(-c4cccs4)nn3C)n2n1. The van der Waals surface area contributed by atoms with E-state index < -0.39 is 0 Å². The Labute approximate surface area is 158 Å². The summed E-state index contributed by atoms with van der Waals surface area (Å²) in [5, 5.41) is 21.7. The van der Waals surface area contributed by atoms with Crippen molar-refractivity contribution in [2.45, 2.75) is 13.5 Å². The Kier molecular flexibility index (Phi) is 4.55. The second-order valence-corrected chi connectivity index (χ2v) is 6.64. The Hall–Kier alpha value is -3.27. The molecule has 0 saturated carbocycles. The van der Waals surface area contributed by atoms with Crippen molar-refractivity contribution in [3.8, 4) is 16.5 Å². The molecule has 0 fully saturated rings. The summed E-state index contributed by atoms with van der Waals surface area (Å²) in [5.41, 5.74) is 1.83. The molecule has 1 N–H and O–H groups in total. The minimum atomic E-state index is -0.245. The molecule has 4 rings (SSSR count). The molecule has 0 aliphatic carbocycles. The van der Waals surface area contributed by atoms with Gasteiger partial charge in [0.15, 0.2) is 11.5 Å². The summed E-state index contributed by atoms with van der Waals surface area (Å²) >= 11 is 1.58. The Morgan fingerprint density at radius 1 is 1.26 bits per heavy atom. The van der Waals surface area contributed by atoms with Gasteiger partial charge in [-0.25, -0.2) is 0 Å². The van der Waals surface area contributed by atoms with E-state index in [1.165, 1.54) is 0 Å². The van der Waals surface area contributed by atoms with Gasteiger partial charge in [0.25, 0.3) is 5.91 Å². The quantitative estimate of drug-likeness (QED) is 0.546. The highest BCUT2D eigenvalue weighted by Gasteiger charge is 2.16. The molecular formula is C17H17N7O2S. The Morgan fingerprint density at radius 2 is 2.15 bits per heavy atom. The van der Waals surface area contributed by atoms with E-state index in [0.717, 1.165) is 10.6 Å². The van der Waals surface area contributed by atoms with Crippen molar-refractivity contribution in [2.24, 2.45) is 7.05 Å². The number of rotatable bonds is 6. The second kappa shape index (κ2) is 7.16. The van der Waals surface area contributed by atoms with Crippen molar-refractivity contribution in [2.75, 3.05) is 6.61 Å². The number of amides is 1. The van der Waals surface area contributed by atoms with Gasteiger partial charge in [-0.3, -0.25) is 9.48 Å². The fourth-order valence-corrected chi connectivity index (χ4v) is 3.31. The number of aromatic nitrogens is 6. The number of nitrogens with one attached hydrogen (secondary N) is 1. The maximum absolute atomic E-state index is 12.6. The third-order valence-electron chi connectivity index (χ3n) is 3.89. The summed E-state index contributed by atoms with van der Waals surface area (Å²) in [7, 11) is 1.74. The number of fused-ring (bicyclic) bond motifs is 1. The number of hydrogen-bond acceptors (Lipinski definition) is 7. The largest absolute Gasteiger partial charge is 0.477 e. The molecule has 0 spiro atoms. The number of carbonyl (C=O) groups excluding carboxylic acids is 1. The van der Waals surface area contributed by atoms with E-state index in [0.29, 0.717) is 29.7 Å². The molecule has 0 aliphatic rings. The maximum Gasteiger partial charge on any atom is 0.269 e. The molecule has 27 heavy (non-hydrogen) atoms. The van der Waals surface area contributed by atoms with Crippen LogP contribution < -0.4 is 10.1 Å². The van der Waals surface area contributed by atoms with Crippen LogP contribution in [0.25, 0.3) is 16.2 Å². The molecule has 0 atom stereocenters. The number of ether oxygens (including phenoxy) is 1. The first-order chi connectivity index (χ1) is 13.2. The van der Waals surface area contributed by atoms with E-state index >= 15 is 0 Å². The van der Waals surface area contributed by atoms with Gasteiger partial charge in [0.1, 0.15) is 11.4 Å². The highest BCUT2D eigenvalue weighted by Crippen LogP contribution is 2.23. The third kappa shape index (κ3) is 3.38. The van der Waals surface area contributed by atoms with Gasteiger partial charge in [-0.05, 0) is 30.5 Å². The Morgan fingerprint density at radius 3 is 2.93 bits per heavy atom. The lowest BCUT2D eigenvalue weighted by Crippen LogP contribution is -2.26. The topological polar surface area (TPSA) is 99.2 Å². The van der Waals surface area contributed by atoms with Gasteiger partial charge in [-0.15, -0.1) is 26.6 Å². The lowest BCUT2D eigenvalue weighted by atomic mass is 10.3. The van der Waals surface area contributed by atoms with Gasteiger partial charge in [-0.2, -0.15) is 9.61 Å². The van der Waals surface area contributed by atoms with Crippen LogP contribution in [0.4, 0.5) is 0 Å². The molecule has 10 heteroatoms. The third-order valence-corrected chi connectivity index (χ3v) is 4.78. The molecule has 0 saturated heterocycles. The molecule has 0 aromatic carbocycles. The van der Waals surface area contributed by atoms with Crippen LogP contribution in [-0.2, 0) is 13.6 Å². The van der Waals surface area contributed by atoms with Crippen LogP contribution in [0.3, 0.4) is 0 Å². The molecule has 0 unspecified atom stereocenters. The molecule has 1 amide bonds. The van der Waals surface area contributed by atoms with E-state index in [-0.39, 0.29) is 12.5 Å². The van der Waals surface area contributed by atoms with Crippen LogP contribution in [0, 0.1) is 0 Å². The highest BCUT2D eigenvalue weighted by atomic mass is 32.1. The zero-order valence-corrected chi connectivity index (χ0v) is 15.6. The highest BCUT2D eigenvalue weighted by molar-refractivity contribution is 7.13. The van der Waals surface area contributed by atoms with Crippen molar-refractivity contribution < 1.29 is 9.53 Å². The van der Waals surface area contributed by atoms with Crippen LogP contribution in [-0.4, -0.2) is 42.1 Å². The van der Waals surface area contributed by atoms with E-state index in [1.807, 2.05) is 24.4 Å². The summed E-state index contributed by atoms with van der Waals surface area (Å²) in [6.45, 7) is 2.58. The molecule has 138 valence electrons. The smallest absolute Gasteiger partial charge is 0.269 e. The van der Waals surface area contributed by atoms with E-state index in [9.17, 15) is 4.79 Å². The van der Waals surface area contributed by atoms with E-state index in [1.54, 1.807) is 45.8 Å².